The molecule has 7 nitrogen and oxygen atoms in total. The maximum atomic E-state index is 14.8. The SMILES string of the molecule is O=C1N[C@@H](c2ccccc2)C2(C(=O)N(c3ccccc3)N(c3ccccc3)C2=O)[C@H](c2ccccc2)N1. The molecule has 4 amide bonds. The molecule has 182 valence electrons. The van der Waals surface area contributed by atoms with Gasteiger partial charge < -0.3 is 10.6 Å². The predicted octanol–water partition coefficient (Wildman–Crippen LogP) is 4.76. The fourth-order valence-corrected chi connectivity index (χ4v) is 5.40. The lowest BCUT2D eigenvalue weighted by molar-refractivity contribution is -0.140. The van der Waals surface area contributed by atoms with Crippen molar-refractivity contribution >= 4 is 29.2 Å². The molecule has 2 atom stereocenters. The molecule has 2 fully saturated rings. The molecule has 0 unspecified atom stereocenters. The number of carbonyl (C=O) groups is 3. The number of para-hydroxylation sites is 2. The van der Waals surface area contributed by atoms with E-state index in [9.17, 15) is 14.4 Å². The Labute approximate surface area is 214 Å². The number of hydrogen-bond acceptors (Lipinski definition) is 3. The smallest absolute Gasteiger partial charge is 0.315 e. The monoisotopic (exact) mass is 488 g/mol. The van der Waals surface area contributed by atoms with E-state index in [0.717, 1.165) is 0 Å². The summed E-state index contributed by atoms with van der Waals surface area (Å²) in [6, 6.07) is 34.3. The molecule has 0 saturated carbocycles. The fourth-order valence-electron chi connectivity index (χ4n) is 5.40. The molecule has 0 bridgehead atoms. The first-order valence-electron chi connectivity index (χ1n) is 12.1. The van der Waals surface area contributed by atoms with Gasteiger partial charge in [-0.2, -0.15) is 0 Å². The molecule has 4 aromatic carbocycles. The Morgan fingerprint density at radius 1 is 0.486 bits per heavy atom. The van der Waals surface area contributed by atoms with Crippen molar-refractivity contribution in [2.75, 3.05) is 10.0 Å². The second-order valence-electron chi connectivity index (χ2n) is 9.08. The highest BCUT2D eigenvalue weighted by molar-refractivity contribution is 6.27. The average Bonchev–Trinajstić information content (AvgIpc) is 3.18. The molecule has 2 aliphatic heterocycles. The maximum Gasteiger partial charge on any atom is 0.315 e. The molecular formula is C30H24N4O3. The molecule has 1 spiro atoms. The average molecular weight is 489 g/mol. The molecule has 4 aromatic rings. The third-order valence-electron chi connectivity index (χ3n) is 7.02. The Hall–Kier alpha value is -4.91. The largest absolute Gasteiger partial charge is 0.330 e. The molecule has 0 radical (unpaired) electrons. The highest BCUT2D eigenvalue weighted by atomic mass is 16.2. The maximum absolute atomic E-state index is 14.8. The van der Waals surface area contributed by atoms with Gasteiger partial charge in [-0.05, 0) is 35.4 Å². The molecule has 0 aromatic heterocycles. The van der Waals surface area contributed by atoms with Gasteiger partial charge >= 0.3 is 6.03 Å². The lowest BCUT2D eigenvalue weighted by Gasteiger charge is -2.44. The first-order valence-corrected chi connectivity index (χ1v) is 12.1. The number of nitrogens with one attached hydrogen (secondary N) is 2. The number of hydrazine groups is 1. The van der Waals surface area contributed by atoms with Gasteiger partial charge in [-0.25, -0.2) is 14.8 Å². The standard InChI is InChI=1S/C30H24N4O3/c35-27-30(28(36)34(24-19-11-4-12-20-24)33(27)23-17-9-3-10-18-23)25(21-13-5-1-6-14-21)31-29(37)32-26(30)22-15-7-2-8-16-22/h1-20,25-26H,(H2,31,32,37)/t25-,26-/m0/s1. The van der Waals surface area contributed by atoms with E-state index >= 15 is 0 Å². The van der Waals surface area contributed by atoms with Crippen molar-refractivity contribution in [3.8, 4) is 0 Å². The second-order valence-corrected chi connectivity index (χ2v) is 9.08. The Kier molecular flexibility index (Phi) is 5.45. The van der Waals surface area contributed by atoms with E-state index in [-0.39, 0.29) is 0 Å². The van der Waals surface area contributed by atoms with Crippen molar-refractivity contribution in [2.45, 2.75) is 12.1 Å². The van der Waals surface area contributed by atoms with Gasteiger partial charge in [-0.1, -0.05) is 97.1 Å². The Balaban J connectivity index is 1.64. The van der Waals surface area contributed by atoms with Crippen molar-refractivity contribution in [3.05, 3.63) is 132 Å². The van der Waals surface area contributed by atoms with E-state index in [1.807, 2.05) is 97.1 Å². The zero-order valence-electron chi connectivity index (χ0n) is 19.8. The van der Waals surface area contributed by atoms with Crippen LogP contribution in [0.2, 0.25) is 0 Å². The fraction of sp³-hybridized carbons (Fsp3) is 0.100. The highest BCUT2D eigenvalue weighted by Crippen LogP contribution is 2.54. The molecule has 6 rings (SSSR count). The van der Waals surface area contributed by atoms with Gasteiger partial charge in [0.25, 0.3) is 11.8 Å². The predicted molar refractivity (Wildman–Crippen MR) is 140 cm³/mol. The topological polar surface area (TPSA) is 81.8 Å². The van der Waals surface area contributed by atoms with Crippen molar-refractivity contribution in [1.29, 1.82) is 0 Å². The second kappa shape index (κ2) is 8.95. The number of urea groups is 1. The van der Waals surface area contributed by atoms with Gasteiger partial charge in [0.05, 0.1) is 23.5 Å². The van der Waals surface area contributed by atoms with Gasteiger partial charge in [0, 0.05) is 0 Å². The van der Waals surface area contributed by atoms with Crippen LogP contribution >= 0.6 is 0 Å². The molecule has 2 N–H and O–H groups in total. The molecule has 37 heavy (non-hydrogen) atoms. The lowest BCUT2D eigenvalue weighted by Crippen LogP contribution is -2.63. The quantitative estimate of drug-likeness (QED) is 0.406. The van der Waals surface area contributed by atoms with Gasteiger partial charge in [-0.3, -0.25) is 9.59 Å². The van der Waals surface area contributed by atoms with Crippen molar-refractivity contribution in [1.82, 2.24) is 10.6 Å². The summed E-state index contributed by atoms with van der Waals surface area (Å²) >= 11 is 0. The van der Waals surface area contributed by atoms with Crippen LogP contribution in [0.1, 0.15) is 23.2 Å². The van der Waals surface area contributed by atoms with E-state index in [4.69, 9.17) is 0 Å². The third kappa shape index (κ3) is 3.47. The van der Waals surface area contributed by atoms with Gasteiger partial charge in [0.2, 0.25) is 0 Å². The zero-order valence-corrected chi connectivity index (χ0v) is 19.8. The summed E-state index contributed by atoms with van der Waals surface area (Å²) in [5.41, 5.74) is 0.738. The minimum absolute atomic E-state index is 0.428. The Morgan fingerprint density at radius 2 is 0.811 bits per heavy atom. The van der Waals surface area contributed by atoms with Gasteiger partial charge in [0.1, 0.15) is 0 Å². The van der Waals surface area contributed by atoms with E-state index in [2.05, 4.69) is 10.6 Å². The molecule has 7 heteroatoms. The summed E-state index contributed by atoms with van der Waals surface area (Å²) < 4.78 is 0. The van der Waals surface area contributed by atoms with E-state index < -0.39 is 35.3 Å². The highest BCUT2D eigenvalue weighted by Gasteiger charge is 2.70. The number of nitrogens with zero attached hydrogens (tertiary/aromatic N) is 2. The summed E-state index contributed by atoms with van der Waals surface area (Å²) in [5.74, 6) is -0.856. The summed E-state index contributed by atoms with van der Waals surface area (Å²) in [7, 11) is 0. The van der Waals surface area contributed by atoms with Crippen LogP contribution in [-0.2, 0) is 9.59 Å². The van der Waals surface area contributed by atoms with E-state index in [0.29, 0.717) is 22.5 Å². The first kappa shape index (κ1) is 22.5. The van der Waals surface area contributed by atoms with Crippen LogP contribution < -0.4 is 20.7 Å². The number of anilines is 2. The Morgan fingerprint density at radius 3 is 1.16 bits per heavy atom. The Bertz CT molecular complexity index is 1330. The lowest BCUT2D eigenvalue weighted by atomic mass is 9.67. The number of hydrogen-bond donors (Lipinski definition) is 2. The number of amides is 4. The number of rotatable bonds is 4. The van der Waals surface area contributed by atoms with Gasteiger partial charge in [0.15, 0.2) is 5.41 Å². The van der Waals surface area contributed by atoms with Crippen LogP contribution in [0, 0.1) is 5.41 Å². The van der Waals surface area contributed by atoms with Crippen LogP contribution in [-0.4, -0.2) is 17.8 Å². The van der Waals surface area contributed by atoms with Crippen LogP contribution in [0.25, 0.3) is 0 Å². The molecular weight excluding hydrogens is 464 g/mol. The third-order valence-corrected chi connectivity index (χ3v) is 7.02. The normalized spacial score (nSPS) is 20.6. The van der Waals surface area contributed by atoms with Crippen LogP contribution in [0.15, 0.2) is 121 Å². The number of carbonyl (C=O) groups excluding carboxylic acids is 3. The minimum Gasteiger partial charge on any atom is -0.330 e. The van der Waals surface area contributed by atoms with E-state index in [1.165, 1.54) is 10.0 Å². The minimum atomic E-state index is -1.71. The van der Waals surface area contributed by atoms with Crippen LogP contribution in [0.3, 0.4) is 0 Å². The molecule has 0 aliphatic carbocycles. The number of benzene rings is 4. The van der Waals surface area contributed by atoms with E-state index in [1.54, 1.807) is 24.3 Å². The first-order chi connectivity index (χ1) is 18.1. The molecule has 2 heterocycles. The molecule has 2 aliphatic rings. The van der Waals surface area contributed by atoms with Crippen molar-refractivity contribution in [3.63, 3.8) is 0 Å². The summed E-state index contributed by atoms with van der Waals surface area (Å²) in [4.78, 5) is 42.7. The van der Waals surface area contributed by atoms with Crippen molar-refractivity contribution < 1.29 is 14.4 Å². The molecule has 2 saturated heterocycles. The summed E-state index contributed by atoms with van der Waals surface area (Å²) in [6.07, 6.45) is 0. The van der Waals surface area contributed by atoms with Gasteiger partial charge in [-0.15, -0.1) is 0 Å². The summed E-state index contributed by atoms with van der Waals surface area (Å²) in [5, 5.41) is 8.72. The van der Waals surface area contributed by atoms with Crippen molar-refractivity contribution in [2.24, 2.45) is 5.41 Å². The zero-order chi connectivity index (χ0) is 25.4. The van der Waals surface area contributed by atoms with Crippen LogP contribution in [0.5, 0.6) is 0 Å². The van der Waals surface area contributed by atoms with Crippen LogP contribution in [0.4, 0.5) is 16.2 Å². The summed E-state index contributed by atoms with van der Waals surface area (Å²) in [6.45, 7) is 0.